The maximum absolute atomic E-state index is 12.8. The zero-order valence-corrected chi connectivity index (χ0v) is 12.3. The Morgan fingerprint density at radius 3 is 3.29 bits per heavy atom. The minimum absolute atomic E-state index is 0.0185. The van der Waals surface area contributed by atoms with Crippen LogP contribution >= 0.6 is 0 Å². The van der Waals surface area contributed by atoms with Crippen molar-refractivity contribution < 1.29 is 9.53 Å². The van der Waals surface area contributed by atoms with Gasteiger partial charge in [0.15, 0.2) is 0 Å². The predicted molar refractivity (Wildman–Crippen MR) is 80.3 cm³/mol. The first-order valence-corrected chi connectivity index (χ1v) is 8.03. The van der Waals surface area contributed by atoms with Crippen LogP contribution in [-0.4, -0.2) is 30.6 Å². The Balaban J connectivity index is 1.61. The van der Waals surface area contributed by atoms with Crippen LogP contribution in [0.4, 0.5) is 0 Å². The van der Waals surface area contributed by atoms with Gasteiger partial charge >= 0.3 is 0 Å². The zero-order chi connectivity index (χ0) is 14.3. The van der Waals surface area contributed by atoms with Gasteiger partial charge in [-0.05, 0) is 55.8 Å². The van der Waals surface area contributed by atoms with Crippen LogP contribution in [0, 0.1) is 0 Å². The normalized spacial score (nSPS) is 30.8. The van der Waals surface area contributed by atoms with Crippen molar-refractivity contribution >= 4 is 5.91 Å². The number of rotatable bonds is 2. The van der Waals surface area contributed by atoms with Gasteiger partial charge in [0, 0.05) is 11.6 Å². The monoisotopic (exact) mass is 286 g/mol. The highest BCUT2D eigenvalue weighted by atomic mass is 16.5. The summed E-state index contributed by atoms with van der Waals surface area (Å²) < 4.78 is 5.55. The lowest BCUT2D eigenvalue weighted by molar-refractivity contribution is 0.0875. The summed E-state index contributed by atoms with van der Waals surface area (Å²) in [6.07, 6.45) is 5.44. The molecule has 1 amide bonds. The number of ether oxygens (including phenoxy) is 1. The van der Waals surface area contributed by atoms with Gasteiger partial charge in [-0.3, -0.25) is 4.79 Å². The van der Waals surface area contributed by atoms with Crippen molar-refractivity contribution in [1.29, 1.82) is 0 Å². The number of benzene rings is 1. The van der Waals surface area contributed by atoms with Gasteiger partial charge in [-0.15, -0.1) is 0 Å². The first kappa shape index (κ1) is 13.3. The average Bonchev–Trinajstić information content (AvgIpc) is 3.06. The molecule has 0 radical (unpaired) electrons. The Morgan fingerprint density at radius 1 is 1.38 bits per heavy atom. The highest BCUT2D eigenvalue weighted by Gasteiger charge is 2.47. The largest absolute Gasteiger partial charge is 0.376 e. The maximum atomic E-state index is 12.8. The minimum atomic E-state index is -0.0185. The molecule has 1 aromatic rings. The number of carbonyl (C=O) groups is 1. The molecule has 1 saturated heterocycles. The third-order valence-electron chi connectivity index (χ3n) is 5.39. The van der Waals surface area contributed by atoms with Crippen LogP contribution in [-0.2, 0) is 17.8 Å². The number of hydrogen-bond acceptors (Lipinski definition) is 3. The van der Waals surface area contributed by atoms with Crippen molar-refractivity contribution in [2.24, 2.45) is 0 Å². The van der Waals surface area contributed by atoms with E-state index in [0.717, 1.165) is 43.5 Å². The Hall–Kier alpha value is -1.39. The van der Waals surface area contributed by atoms with Crippen LogP contribution in [0.15, 0.2) is 18.2 Å². The standard InChI is InChI=1S/C17H22N2O2/c20-16(19-17-7-2-5-15(17)18-9-8-17)13-4-1-3-12-6-10-21-11-14(12)13/h1,3-4,15,18H,2,5-11H2,(H,19,20). The number of hydrogen-bond donors (Lipinski definition) is 2. The molecular weight excluding hydrogens is 264 g/mol. The second kappa shape index (κ2) is 5.11. The Labute approximate surface area is 125 Å². The first-order chi connectivity index (χ1) is 10.3. The molecule has 1 aliphatic carbocycles. The Morgan fingerprint density at radius 2 is 2.33 bits per heavy atom. The van der Waals surface area contributed by atoms with Crippen LogP contribution in [0.3, 0.4) is 0 Å². The van der Waals surface area contributed by atoms with E-state index >= 15 is 0 Å². The first-order valence-electron chi connectivity index (χ1n) is 8.03. The summed E-state index contributed by atoms with van der Waals surface area (Å²) in [5, 5.41) is 6.90. The van der Waals surface area contributed by atoms with Gasteiger partial charge in [0.25, 0.3) is 5.91 Å². The number of nitrogens with one attached hydrogen (secondary N) is 2. The molecule has 4 heteroatoms. The molecule has 1 saturated carbocycles. The molecule has 2 heterocycles. The molecule has 2 N–H and O–H groups in total. The molecule has 2 unspecified atom stereocenters. The van der Waals surface area contributed by atoms with Crippen molar-refractivity contribution in [3.05, 3.63) is 34.9 Å². The molecule has 0 bridgehead atoms. The van der Waals surface area contributed by atoms with E-state index in [1.165, 1.54) is 18.4 Å². The smallest absolute Gasteiger partial charge is 0.252 e. The molecule has 0 aromatic heterocycles. The summed E-state index contributed by atoms with van der Waals surface area (Å²) in [5.41, 5.74) is 3.13. The molecule has 4 rings (SSSR count). The maximum Gasteiger partial charge on any atom is 0.252 e. The van der Waals surface area contributed by atoms with Crippen LogP contribution in [0.1, 0.15) is 47.2 Å². The van der Waals surface area contributed by atoms with E-state index in [1.54, 1.807) is 0 Å². The number of carbonyl (C=O) groups excluding carboxylic acids is 1. The molecule has 3 aliphatic rings. The highest BCUT2D eigenvalue weighted by Crippen LogP contribution is 2.37. The lowest BCUT2D eigenvalue weighted by Gasteiger charge is -2.31. The third-order valence-corrected chi connectivity index (χ3v) is 5.39. The summed E-state index contributed by atoms with van der Waals surface area (Å²) in [6, 6.07) is 6.50. The third kappa shape index (κ3) is 2.17. The number of amides is 1. The summed E-state index contributed by atoms with van der Waals surface area (Å²) >= 11 is 0. The van der Waals surface area contributed by atoms with Gasteiger partial charge in [0.2, 0.25) is 0 Å². The minimum Gasteiger partial charge on any atom is -0.376 e. The van der Waals surface area contributed by atoms with Crippen molar-refractivity contribution in [2.45, 2.75) is 50.3 Å². The van der Waals surface area contributed by atoms with Crippen LogP contribution in [0.5, 0.6) is 0 Å². The molecule has 4 nitrogen and oxygen atoms in total. The number of fused-ring (bicyclic) bond motifs is 2. The van der Waals surface area contributed by atoms with Crippen LogP contribution in [0.25, 0.3) is 0 Å². The van der Waals surface area contributed by atoms with Gasteiger partial charge in [-0.1, -0.05) is 12.1 Å². The van der Waals surface area contributed by atoms with E-state index in [0.29, 0.717) is 12.6 Å². The van der Waals surface area contributed by atoms with E-state index < -0.39 is 0 Å². The summed E-state index contributed by atoms with van der Waals surface area (Å²) in [4.78, 5) is 12.8. The molecule has 1 aromatic carbocycles. The molecule has 2 atom stereocenters. The summed E-state index contributed by atoms with van der Waals surface area (Å²) in [6.45, 7) is 2.34. The second-order valence-electron chi connectivity index (χ2n) is 6.51. The van der Waals surface area contributed by atoms with E-state index in [2.05, 4.69) is 16.7 Å². The van der Waals surface area contributed by atoms with Crippen molar-refractivity contribution in [1.82, 2.24) is 10.6 Å². The van der Waals surface area contributed by atoms with E-state index in [4.69, 9.17) is 4.74 Å². The second-order valence-corrected chi connectivity index (χ2v) is 6.51. The molecule has 0 spiro atoms. The zero-order valence-electron chi connectivity index (χ0n) is 12.3. The van der Waals surface area contributed by atoms with Gasteiger partial charge in [0.05, 0.1) is 18.8 Å². The highest BCUT2D eigenvalue weighted by molar-refractivity contribution is 5.96. The molecule has 21 heavy (non-hydrogen) atoms. The van der Waals surface area contributed by atoms with Gasteiger partial charge < -0.3 is 15.4 Å². The topological polar surface area (TPSA) is 50.4 Å². The summed E-state index contributed by atoms with van der Waals surface area (Å²) in [7, 11) is 0. The Bertz CT molecular complexity index is 560. The van der Waals surface area contributed by atoms with E-state index in [1.807, 2.05) is 12.1 Å². The molecule has 2 fully saturated rings. The lowest BCUT2D eigenvalue weighted by atomic mass is 9.91. The van der Waals surface area contributed by atoms with Gasteiger partial charge in [0.1, 0.15) is 0 Å². The molecular formula is C17H22N2O2. The fourth-order valence-corrected chi connectivity index (χ4v) is 4.25. The summed E-state index contributed by atoms with van der Waals surface area (Å²) in [5.74, 6) is 0.0768. The fourth-order valence-electron chi connectivity index (χ4n) is 4.25. The lowest BCUT2D eigenvalue weighted by Crippen LogP contribution is -2.53. The van der Waals surface area contributed by atoms with Crippen LogP contribution < -0.4 is 10.6 Å². The van der Waals surface area contributed by atoms with Crippen LogP contribution in [0.2, 0.25) is 0 Å². The SMILES string of the molecule is O=C(NC12CCCC1NCC2)c1cccc2c1COCC2. The molecule has 112 valence electrons. The Kier molecular flexibility index (Phi) is 3.23. The quantitative estimate of drug-likeness (QED) is 0.871. The van der Waals surface area contributed by atoms with E-state index in [-0.39, 0.29) is 11.4 Å². The van der Waals surface area contributed by atoms with Gasteiger partial charge in [-0.2, -0.15) is 0 Å². The van der Waals surface area contributed by atoms with Gasteiger partial charge in [-0.25, -0.2) is 0 Å². The van der Waals surface area contributed by atoms with Crippen molar-refractivity contribution in [2.75, 3.05) is 13.2 Å². The fraction of sp³-hybridized carbons (Fsp3) is 0.588. The molecule has 2 aliphatic heterocycles. The predicted octanol–water partition coefficient (Wildman–Crippen LogP) is 1.77. The average molecular weight is 286 g/mol. The van der Waals surface area contributed by atoms with E-state index in [9.17, 15) is 4.79 Å². The van der Waals surface area contributed by atoms with Crippen molar-refractivity contribution in [3.8, 4) is 0 Å². The van der Waals surface area contributed by atoms with Crippen molar-refractivity contribution in [3.63, 3.8) is 0 Å².